The van der Waals surface area contributed by atoms with Crippen molar-refractivity contribution in [2.75, 3.05) is 0 Å². The molecule has 1 aliphatic rings. The lowest BCUT2D eigenvalue weighted by atomic mass is 9.89. The van der Waals surface area contributed by atoms with Crippen LogP contribution in [0.1, 0.15) is 13.3 Å². The Morgan fingerprint density at radius 1 is 1.89 bits per heavy atom. The highest BCUT2D eigenvalue weighted by Crippen LogP contribution is 2.16. The Morgan fingerprint density at radius 3 is 2.78 bits per heavy atom. The van der Waals surface area contributed by atoms with E-state index in [0.29, 0.717) is 0 Å². The first kappa shape index (κ1) is 6.15. The van der Waals surface area contributed by atoms with Gasteiger partial charge in [0.2, 0.25) is 5.91 Å². The summed E-state index contributed by atoms with van der Waals surface area (Å²) in [6, 6.07) is 0.00231. The van der Waals surface area contributed by atoms with Crippen molar-refractivity contribution in [1.82, 2.24) is 5.32 Å². The molecule has 9 heavy (non-hydrogen) atoms. The van der Waals surface area contributed by atoms with Gasteiger partial charge in [-0.25, -0.2) is 0 Å². The fourth-order valence-electron chi connectivity index (χ4n) is 0.995. The van der Waals surface area contributed by atoms with Crippen LogP contribution in [-0.4, -0.2) is 11.9 Å². The van der Waals surface area contributed by atoms with Gasteiger partial charge < -0.3 is 5.32 Å². The second kappa shape index (κ2) is 2.10. The molecule has 2 nitrogen and oxygen atoms in total. The molecule has 2 heteroatoms. The molecule has 1 saturated heterocycles. The maximum Gasteiger partial charge on any atom is 0.227 e. The summed E-state index contributed by atoms with van der Waals surface area (Å²) < 4.78 is 0. The van der Waals surface area contributed by atoms with E-state index in [2.05, 4.69) is 11.2 Å². The number of hydrogen-bond donors (Lipinski definition) is 1. The predicted octanol–water partition coefficient (Wildman–Crippen LogP) is 0.144. The van der Waals surface area contributed by atoms with E-state index in [-0.39, 0.29) is 17.9 Å². The van der Waals surface area contributed by atoms with Crippen molar-refractivity contribution in [3.63, 3.8) is 0 Å². The smallest absolute Gasteiger partial charge is 0.227 e. The highest BCUT2D eigenvalue weighted by Gasteiger charge is 2.35. The van der Waals surface area contributed by atoms with Gasteiger partial charge in [0.15, 0.2) is 0 Å². The standard InChI is InChI=1S/C7H9NO/c1-3-5-6(4-2)8-7(5)9/h2,5-6H,3H2,1H3,(H,8,9)/t5-,6+/m0/s1. The minimum Gasteiger partial charge on any atom is -0.341 e. The molecule has 0 saturated carbocycles. The molecule has 0 aliphatic carbocycles. The Balaban J connectivity index is 2.50. The summed E-state index contributed by atoms with van der Waals surface area (Å²) in [4.78, 5) is 10.6. The van der Waals surface area contributed by atoms with Crippen molar-refractivity contribution in [3.8, 4) is 12.3 Å². The third-order valence-electron chi connectivity index (χ3n) is 1.66. The first-order valence-corrected chi connectivity index (χ1v) is 3.06. The lowest BCUT2D eigenvalue weighted by molar-refractivity contribution is -0.133. The molecule has 1 aliphatic heterocycles. The number of hydrogen-bond acceptors (Lipinski definition) is 1. The molecule has 1 fully saturated rings. The minimum absolute atomic E-state index is 0.00231. The number of amides is 1. The molecule has 0 bridgehead atoms. The minimum atomic E-state index is 0.00231. The maximum absolute atomic E-state index is 10.6. The van der Waals surface area contributed by atoms with Crippen molar-refractivity contribution in [3.05, 3.63) is 0 Å². The van der Waals surface area contributed by atoms with Gasteiger partial charge in [-0.15, -0.1) is 6.42 Å². The molecule has 1 amide bonds. The van der Waals surface area contributed by atoms with Crippen LogP contribution in [0, 0.1) is 18.3 Å². The Kier molecular flexibility index (Phi) is 1.44. The van der Waals surface area contributed by atoms with Crippen LogP contribution < -0.4 is 5.32 Å². The molecule has 1 rings (SSSR count). The second-order valence-corrected chi connectivity index (χ2v) is 2.17. The normalized spacial score (nSPS) is 32.2. The molecular weight excluding hydrogens is 114 g/mol. The number of nitrogens with one attached hydrogen (secondary N) is 1. The van der Waals surface area contributed by atoms with Crippen molar-refractivity contribution in [2.45, 2.75) is 19.4 Å². The van der Waals surface area contributed by atoms with Crippen molar-refractivity contribution >= 4 is 5.91 Å². The van der Waals surface area contributed by atoms with Gasteiger partial charge in [-0.3, -0.25) is 4.79 Å². The van der Waals surface area contributed by atoms with E-state index in [9.17, 15) is 4.79 Å². The van der Waals surface area contributed by atoms with E-state index in [1.165, 1.54) is 0 Å². The van der Waals surface area contributed by atoms with Gasteiger partial charge in [0, 0.05) is 0 Å². The van der Waals surface area contributed by atoms with Crippen LogP contribution in [0.5, 0.6) is 0 Å². The van der Waals surface area contributed by atoms with Gasteiger partial charge in [0.25, 0.3) is 0 Å². The fourth-order valence-corrected chi connectivity index (χ4v) is 0.995. The molecule has 0 radical (unpaired) electrons. The zero-order valence-corrected chi connectivity index (χ0v) is 5.35. The van der Waals surface area contributed by atoms with Crippen LogP contribution in [0.4, 0.5) is 0 Å². The average Bonchev–Trinajstić information content (AvgIpc) is 1.83. The lowest BCUT2D eigenvalue weighted by Gasteiger charge is -2.31. The molecule has 1 heterocycles. The molecule has 0 spiro atoms. The summed E-state index contributed by atoms with van der Waals surface area (Å²) >= 11 is 0. The number of carbonyl (C=O) groups is 1. The maximum atomic E-state index is 10.6. The zero-order chi connectivity index (χ0) is 6.85. The number of carbonyl (C=O) groups excluding carboxylic acids is 1. The molecule has 2 atom stereocenters. The van der Waals surface area contributed by atoms with E-state index >= 15 is 0 Å². The highest BCUT2D eigenvalue weighted by atomic mass is 16.2. The molecule has 48 valence electrons. The first-order valence-electron chi connectivity index (χ1n) is 3.06. The summed E-state index contributed by atoms with van der Waals surface area (Å²) in [5.74, 6) is 2.68. The lowest BCUT2D eigenvalue weighted by Crippen LogP contribution is -2.56. The van der Waals surface area contributed by atoms with Crippen LogP contribution >= 0.6 is 0 Å². The van der Waals surface area contributed by atoms with Gasteiger partial charge in [-0.05, 0) is 6.42 Å². The van der Waals surface area contributed by atoms with Crippen molar-refractivity contribution in [2.24, 2.45) is 5.92 Å². The Hall–Kier alpha value is -0.970. The molecule has 0 unspecified atom stereocenters. The second-order valence-electron chi connectivity index (χ2n) is 2.17. The van der Waals surface area contributed by atoms with Gasteiger partial charge >= 0.3 is 0 Å². The third kappa shape index (κ3) is 0.787. The summed E-state index contributed by atoms with van der Waals surface area (Å²) in [6.07, 6.45) is 5.95. The molecule has 0 aromatic heterocycles. The van der Waals surface area contributed by atoms with Crippen LogP contribution in [-0.2, 0) is 4.79 Å². The van der Waals surface area contributed by atoms with E-state index in [4.69, 9.17) is 6.42 Å². The van der Waals surface area contributed by atoms with Crippen LogP contribution in [0.25, 0.3) is 0 Å². The quantitative estimate of drug-likeness (QED) is 0.390. The number of terminal acetylenes is 1. The Morgan fingerprint density at radius 2 is 2.56 bits per heavy atom. The zero-order valence-electron chi connectivity index (χ0n) is 5.35. The monoisotopic (exact) mass is 123 g/mol. The van der Waals surface area contributed by atoms with Crippen molar-refractivity contribution < 1.29 is 4.79 Å². The summed E-state index contributed by atoms with van der Waals surface area (Å²) in [5, 5.41) is 2.62. The molecule has 0 aromatic rings. The van der Waals surface area contributed by atoms with E-state index in [1.54, 1.807) is 0 Å². The summed E-state index contributed by atoms with van der Waals surface area (Å²) in [7, 11) is 0. The van der Waals surface area contributed by atoms with Crippen molar-refractivity contribution in [1.29, 1.82) is 0 Å². The van der Waals surface area contributed by atoms with E-state index in [1.807, 2.05) is 6.92 Å². The third-order valence-corrected chi connectivity index (χ3v) is 1.66. The Labute approximate surface area is 54.6 Å². The van der Waals surface area contributed by atoms with Crippen LogP contribution in [0.15, 0.2) is 0 Å². The number of β-lactam (4-membered cyclic amide) rings is 1. The summed E-state index contributed by atoms with van der Waals surface area (Å²) in [6.45, 7) is 1.97. The van der Waals surface area contributed by atoms with Gasteiger partial charge in [-0.1, -0.05) is 12.8 Å². The fraction of sp³-hybridized carbons (Fsp3) is 0.571. The highest BCUT2D eigenvalue weighted by molar-refractivity contribution is 5.86. The predicted molar refractivity (Wildman–Crippen MR) is 34.5 cm³/mol. The SMILES string of the molecule is C#C[C@H]1NC(=O)[C@H]1CC. The van der Waals surface area contributed by atoms with Gasteiger partial charge in [0.05, 0.1) is 5.92 Å². The molecule has 1 N–H and O–H groups in total. The van der Waals surface area contributed by atoms with Crippen LogP contribution in [0.2, 0.25) is 0 Å². The van der Waals surface area contributed by atoms with E-state index < -0.39 is 0 Å². The topological polar surface area (TPSA) is 29.1 Å². The molecule has 0 aromatic carbocycles. The van der Waals surface area contributed by atoms with E-state index in [0.717, 1.165) is 6.42 Å². The first-order chi connectivity index (χ1) is 4.29. The Bertz CT molecular complexity index is 168. The number of rotatable bonds is 1. The van der Waals surface area contributed by atoms with Crippen LogP contribution in [0.3, 0.4) is 0 Å². The van der Waals surface area contributed by atoms with Gasteiger partial charge in [-0.2, -0.15) is 0 Å². The molecular formula is C7H9NO. The summed E-state index contributed by atoms with van der Waals surface area (Å²) in [5.41, 5.74) is 0. The largest absolute Gasteiger partial charge is 0.341 e. The average molecular weight is 123 g/mol. The van der Waals surface area contributed by atoms with Gasteiger partial charge in [0.1, 0.15) is 6.04 Å².